The van der Waals surface area contributed by atoms with E-state index in [4.69, 9.17) is 0 Å². The molecule has 1 heterocycles. The summed E-state index contributed by atoms with van der Waals surface area (Å²) in [6.07, 6.45) is 1.11. The van der Waals surface area contributed by atoms with E-state index in [1.807, 2.05) is 13.0 Å². The third-order valence-electron chi connectivity index (χ3n) is 2.80. The van der Waals surface area contributed by atoms with Crippen molar-refractivity contribution in [2.75, 3.05) is 23.8 Å². The first-order chi connectivity index (χ1) is 7.58. The smallest absolute Gasteiger partial charge is 0.134 e. The first-order valence-corrected chi connectivity index (χ1v) is 5.90. The van der Waals surface area contributed by atoms with Crippen LogP contribution < -0.4 is 10.2 Å². The Morgan fingerprint density at radius 1 is 1.38 bits per heavy atom. The Bertz CT molecular complexity index is 338. The highest BCUT2D eigenvalue weighted by molar-refractivity contribution is 5.49. The molecule has 4 nitrogen and oxygen atoms in total. The lowest BCUT2D eigenvalue weighted by molar-refractivity contribution is 0.655. The Balaban J connectivity index is 2.94. The number of aryl methyl sites for hydroxylation is 1. The minimum atomic E-state index is 0.490. The molecule has 0 aliphatic heterocycles. The van der Waals surface area contributed by atoms with Gasteiger partial charge in [-0.15, -0.1) is 0 Å². The molecule has 16 heavy (non-hydrogen) atoms. The van der Waals surface area contributed by atoms with Crippen LogP contribution in [0, 0.1) is 6.92 Å². The lowest BCUT2D eigenvalue weighted by Crippen LogP contribution is -2.29. The van der Waals surface area contributed by atoms with Crippen LogP contribution in [0.3, 0.4) is 0 Å². The van der Waals surface area contributed by atoms with E-state index < -0.39 is 0 Å². The predicted molar refractivity (Wildman–Crippen MR) is 69.1 cm³/mol. The molecule has 0 bridgehead atoms. The van der Waals surface area contributed by atoms with Crippen molar-refractivity contribution < 1.29 is 0 Å². The molecule has 1 N–H and O–H groups in total. The van der Waals surface area contributed by atoms with E-state index in [2.05, 4.69) is 48.0 Å². The van der Waals surface area contributed by atoms with Crippen molar-refractivity contribution in [3.05, 3.63) is 11.9 Å². The fourth-order valence-electron chi connectivity index (χ4n) is 1.50. The number of nitrogens with one attached hydrogen (secondary N) is 1. The summed E-state index contributed by atoms with van der Waals surface area (Å²) >= 11 is 0. The van der Waals surface area contributed by atoms with Crippen molar-refractivity contribution in [3.8, 4) is 0 Å². The predicted octanol–water partition coefficient (Wildman–Crippen LogP) is 2.45. The quantitative estimate of drug-likeness (QED) is 0.831. The molecule has 0 aliphatic carbocycles. The second kappa shape index (κ2) is 5.68. The summed E-state index contributed by atoms with van der Waals surface area (Å²) in [6.45, 7) is 9.25. The maximum Gasteiger partial charge on any atom is 0.134 e. The van der Waals surface area contributed by atoms with Gasteiger partial charge in [0.15, 0.2) is 0 Å². The largest absolute Gasteiger partial charge is 0.370 e. The van der Waals surface area contributed by atoms with Gasteiger partial charge in [-0.2, -0.15) is 0 Å². The molecule has 1 aromatic heterocycles. The van der Waals surface area contributed by atoms with Gasteiger partial charge in [-0.25, -0.2) is 9.97 Å². The molecule has 1 aromatic rings. The van der Waals surface area contributed by atoms with Crippen LogP contribution >= 0.6 is 0 Å². The van der Waals surface area contributed by atoms with Crippen molar-refractivity contribution in [2.45, 2.75) is 40.2 Å². The van der Waals surface area contributed by atoms with E-state index in [1.54, 1.807) is 0 Å². The number of hydrogen-bond acceptors (Lipinski definition) is 4. The number of hydrogen-bond donors (Lipinski definition) is 1. The lowest BCUT2D eigenvalue weighted by Gasteiger charge is -2.25. The zero-order chi connectivity index (χ0) is 12.1. The van der Waals surface area contributed by atoms with Crippen LogP contribution in [0.5, 0.6) is 0 Å². The second-order valence-electron chi connectivity index (χ2n) is 4.06. The van der Waals surface area contributed by atoms with Crippen LogP contribution in [0.2, 0.25) is 0 Å². The Kier molecular flexibility index (Phi) is 4.52. The Labute approximate surface area is 98.1 Å². The van der Waals surface area contributed by atoms with Gasteiger partial charge in [0.1, 0.15) is 17.5 Å². The summed E-state index contributed by atoms with van der Waals surface area (Å²) < 4.78 is 0. The number of nitrogens with zero attached hydrogens (tertiary/aromatic N) is 3. The molecular weight excluding hydrogens is 200 g/mol. The van der Waals surface area contributed by atoms with E-state index in [-0.39, 0.29) is 0 Å². The molecule has 0 saturated carbocycles. The summed E-state index contributed by atoms with van der Waals surface area (Å²) in [5.74, 6) is 2.70. The number of rotatable bonds is 5. The molecular formula is C12H22N4. The Morgan fingerprint density at radius 3 is 2.62 bits per heavy atom. The summed E-state index contributed by atoms with van der Waals surface area (Å²) in [5, 5.41) is 3.22. The van der Waals surface area contributed by atoms with Crippen molar-refractivity contribution >= 4 is 11.6 Å². The fourth-order valence-corrected chi connectivity index (χ4v) is 1.50. The van der Waals surface area contributed by atoms with E-state index in [0.29, 0.717) is 6.04 Å². The molecule has 0 amide bonds. The summed E-state index contributed by atoms with van der Waals surface area (Å²) in [4.78, 5) is 11.0. The third kappa shape index (κ3) is 3.08. The summed E-state index contributed by atoms with van der Waals surface area (Å²) in [7, 11) is 2.08. The van der Waals surface area contributed by atoms with Gasteiger partial charge in [-0.3, -0.25) is 0 Å². The van der Waals surface area contributed by atoms with Crippen LogP contribution in [-0.2, 0) is 0 Å². The molecule has 1 rings (SSSR count). The van der Waals surface area contributed by atoms with Crippen molar-refractivity contribution in [2.24, 2.45) is 0 Å². The molecule has 0 aromatic carbocycles. The minimum absolute atomic E-state index is 0.490. The Morgan fingerprint density at radius 2 is 2.06 bits per heavy atom. The second-order valence-corrected chi connectivity index (χ2v) is 4.06. The van der Waals surface area contributed by atoms with Crippen LogP contribution in [0.25, 0.3) is 0 Å². The van der Waals surface area contributed by atoms with Crippen molar-refractivity contribution in [3.63, 3.8) is 0 Å². The van der Waals surface area contributed by atoms with Gasteiger partial charge >= 0.3 is 0 Å². The van der Waals surface area contributed by atoms with Gasteiger partial charge in [-0.1, -0.05) is 6.92 Å². The highest BCUT2D eigenvalue weighted by Gasteiger charge is 2.10. The molecule has 1 atom stereocenters. The topological polar surface area (TPSA) is 41.0 Å². The molecule has 90 valence electrons. The SMILES string of the molecule is CCNc1cc(N(C)C(C)CC)nc(C)n1. The highest BCUT2D eigenvalue weighted by atomic mass is 15.2. The van der Waals surface area contributed by atoms with Gasteiger partial charge in [0.05, 0.1) is 0 Å². The average molecular weight is 222 g/mol. The minimum Gasteiger partial charge on any atom is -0.370 e. The molecule has 0 aliphatic rings. The molecule has 1 unspecified atom stereocenters. The van der Waals surface area contributed by atoms with Crippen molar-refractivity contribution in [1.82, 2.24) is 9.97 Å². The normalized spacial score (nSPS) is 12.3. The maximum absolute atomic E-state index is 4.46. The van der Waals surface area contributed by atoms with Crippen LogP contribution in [0.1, 0.15) is 33.0 Å². The van der Waals surface area contributed by atoms with Gasteiger partial charge in [-0.05, 0) is 27.2 Å². The monoisotopic (exact) mass is 222 g/mol. The zero-order valence-corrected chi connectivity index (χ0v) is 10.9. The van der Waals surface area contributed by atoms with E-state index in [1.165, 1.54) is 0 Å². The Hall–Kier alpha value is -1.32. The molecule has 0 fully saturated rings. The van der Waals surface area contributed by atoms with Crippen molar-refractivity contribution in [1.29, 1.82) is 0 Å². The van der Waals surface area contributed by atoms with Crippen LogP contribution in [0.4, 0.5) is 11.6 Å². The van der Waals surface area contributed by atoms with Gasteiger partial charge in [0, 0.05) is 25.7 Å². The molecule has 0 saturated heterocycles. The van der Waals surface area contributed by atoms with E-state index in [9.17, 15) is 0 Å². The lowest BCUT2D eigenvalue weighted by atomic mass is 10.2. The van der Waals surface area contributed by atoms with Gasteiger partial charge in [0.2, 0.25) is 0 Å². The zero-order valence-electron chi connectivity index (χ0n) is 10.9. The average Bonchev–Trinajstić information content (AvgIpc) is 2.26. The van der Waals surface area contributed by atoms with Crippen LogP contribution in [0.15, 0.2) is 6.07 Å². The number of anilines is 2. The number of aromatic nitrogens is 2. The summed E-state index contributed by atoms with van der Waals surface area (Å²) in [5.41, 5.74) is 0. The first-order valence-electron chi connectivity index (χ1n) is 5.90. The molecule has 0 spiro atoms. The van der Waals surface area contributed by atoms with Gasteiger partial charge < -0.3 is 10.2 Å². The first kappa shape index (κ1) is 12.7. The standard InChI is InChI=1S/C12H22N4/c1-6-9(3)16(5)12-8-11(13-7-2)14-10(4)15-12/h8-9H,6-7H2,1-5H3,(H,13,14,15). The highest BCUT2D eigenvalue weighted by Crippen LogP contribution is 2.17. The third-order valence-corrected chi connectivity index (χ3v) is 2.80. The fraction of sp³-hybridized carbons (Fsp3) is 0.667. The van der Waals surface area contributed by atoms with E-state index in [0.717, 1.165) is 30.4 Å². The van der Waals surface area contributed by atoms with Gasteiger partial charge in [0.25, 0.3) is 0 Å². The summed E-state index contributed by atoms with van der Waals surface area (Å²) in [6, 6.07) is 2.49. The molecule has 0 radical (unpaired) electrons. The molecule has 4 heteroatoms. The van der Waals surface area contributed by atoms with E-state index >= 15 is 0 Å². The maximum atomic E-state index is 4.46. The van der Waals surface area contributed by atoms with Crippen LogP contribution in [-0.4, -0.2) is 29.6 Å².